The van der Waals surface area contributed by atoms with Crippen LogP contribution in [0, 0.1) is 23.7 Å². The van der Waals surface area contributed by atoms with E-state index in [-0.39, 0.29) is 24.2 Å². The number of nitrogens with zero attached hydrogens (tertiary/aromatic N) is 1. The Labute approximate surface area is 218 Å². The zero-order valence-electron chi connectivity index (χ0n) is 21.0. The van der Waals surface area contributed by atoms with E-state index in [9.17, 15) is 34.2 Å². The topological polar surface area (TPSA) is 155 Å². The average molecular weight is 517 g/mol. The molecule has 0 aromatic heterocycles. The van der Waals surface area contributed by atoms with Crippen LogP contribution in [0.4, 0.5) is 0 Å². The van der Waals surface area contributed by atoms with Gasteiger partial charge in [-0.1, -0.05) is 48.6 Å². The molecule has 0 heterocycles. The fourth-order valence-electron chi connectivity index (χ4n) is 6.54. The number of likely N-dealkylation sites (N-methyl/N-ethyl adjacent to an activating group) is 1. The lowest BCUT2D eigenvalue weighted by Crippen LogP contribution is -2.74. The van der Waals surface area contributed by atoms with Crippen molar-refractivity contribution in [3.05, 3.63) is 64.7 Å². The van der Waals surface area contributed by atoms with Crippen LogP contribution >= 0.6 is 0 Å². The highest BCUT2D eigenvalue weighted by Gasteiger charge is 2.69. The zero-order chi connectivity index (χ0) is 27.5. The minimum Gasteiger partial charge on any atom is -0.507 e. The van der Waals surface area contributed by atoms with Gasteiger partial charge in [-0.2, -0.15) is 0 Å². The monoisotopic (exact) mass is 516 g/mol. The van der Waals surface area contributed by atoms with Crippen molar-refractivity contribution in [2.75, 3.05) is 14.1 Å². The van der Waals surface area contributed by atoms with Gasteiger partial charge in [0.25, 0.3) is 0 Å². The Morgan fingerprint density at radius 1 is 1.03 bits per heavy atom. The van der Waals surface area contributed by atoms with Crippen molar-refractivity contribution >= 4 is 41.2 Å². The van der Waals surface area contributed by atoms with E-state index in [1.807, 2.05) is 42.5 Å². The van der Waals surface area contributed by atoms with Crippen LogP contribution in [0.3, 0.4) is 0 Å². The smallest absolute Gasteiger partial charge is 0.235 e. The van der Waals surface area contributed by atoms with Crippen LogP contribution in [0.5, 0.6) is 5.75 Å². The number of phenolic OH excluding ortho intramolecular Hbond substituents is 1. The van der Waals surface area contributed by atoms with E-state index in [1.54, 1.807) is 20.2 Å². The van der Waals surface area contributed by atoms with Gasteiger partial charge in [0.15, 0.2) is 34.7 Å². The van der Waals surface area contributed by atoms with Gasteiger partial charge < -0.3 is 15.9 Å². The second-order valence-electron chi connectivity index (χ2n) is 10.6. The van der Waals surface area contributed by atoms with Gasteiger partial charge in [0.2, 0.25) is 5.91 Å². The van der Waals surface area contributed by atoms with Gasteiger partial charge in [0.05, 0.1) is 17.5 Å². The second kappa shape index (κ2) is 9.11. The number of hydrogen-bond acceptors (Lipinski definition) is 8. The number of amides is 1. The third-order valence-corrected chi connectivity index (χ3v) is 8.24. The van der Waals surface area contributed by atoms with Crippen molar-refractivity contribution in [3.8, 4) is 5.75 Å². The molecule has 0 aliphatic heterocycles. The number of hydrogen-bond donors (Lipinski definition) is 3. The molecule has 2 aromatic carbocycles. The normalized spacial score (nSPS) is 30.8. The molecule has 2 unspecified atom stereocenters. The first kappa shape index (κ1) is 25.7. The first-order valence-electron chi connectivity index (χ1n) is 12.4. The number of aliphatic hydroxyl groups is 1. The number of carbonyl (C=O) groups is 5. The third-order valence-electron chi connectivity index (χ3n) is 8.24. The molecule has 2 fully saturated rings. The predicted octanol–water partition coefficient (Wildman–Crippen LogP) is 1.04. The summed E-state index contributed by atoms with van der Waals surface area (Å²) in [6.45, 7) is 0. The molecular weight excluding hydrogens is 488 g/mol. The van der Waals surface area contributed by atoms with E-state index in [1.165, 1.54) is 11.0 Å². The molecule has 0 bridgehead atoms. The van der Waals surface area contributed by atoms with E-state index in [0.717, 1.165) is 5.56 Å². The van der Waals surface area contributed by atoms with Gasteiger partial charge >= 0.3 is 0 Å². The SMILES string of the molecule is CN(C)[C@H]1C(=O)C(C(N)=O)C(=O)[C@]2(O)C(=O)C3C(=O)c4c(O)ccc(/C=C/c5ccccc5)c4C[C@@H]3C[C@H]12. The van der Waals surface area contributed by atoms with Crippen LogP contribution in [-0.4, -0.2) is 69.9 Å². The van der Waals surface area contributed by atoms with Crippen LogP contribution in [-0.2, 0) is 25.6 Å². The molecule has 6 atom stereocenters. The molecule has 1 amide bonds. The van der Waals surface area contributed by atoms with Crippen molar-refractivity contribution in [1.82, 2.24) is 4.90 Å². The molecule has 0 saturated heterocycles. The summed E-state index contributed by atoms with van der Waals surface area (Å²) in [6, 6.07) is 11.5. The Balaban J connectivity index is 1.60. The highest BCUT2D eigenvalue weighted by atomic mass is 16.3. The van der Waals surface area contributed by atoms with Crippen molar-refractivity contribution < 1.29 is 34.2 Å². The van der Waals surface area contributed by atoms with Gasteiger partial charge in [0, 0.05) is 5.92 Å². The number of phenols is 1. The number of benzene rings is 2. The molecule has 0 radical (unpaired) electrons. The summed E-state index contributed by atoms with van der Waals surface area (Å²) in [7, 11) is 3.11. The Morgan fingerprint density at radius 2 is 1.71 bits per heavy atom. The molecule has 2 aromatic rings. The summed E-state index contributed by atoms with van der Waals surface area (Å²) < 4.78 is 0. The summed E-state index contributed by atoms with van der Waals surface area (Å²) in [5, 5.41) is 22.2. The van der Waals surface area contributed by atoms with Crippen molar-refractivity contribution in [3.63, 3.8) is 0 Å². The number of Topliss-reactive ketones (excluding diaryl/α,β-unsaturated/α-hetero) is 4. The number of rotatable bonds is 4. The zero-order valence-corrected chi connectivity index (χ0v) is 21.0. The number of primary amides is 1. The third kappa shape index (κ3) is 3.65. The van der Waals surface area contributed by atoms with Crippen LogP contribution in [0.15, 0.2) is 42.5 Å². The Bertz CT molecular complexity index is 1410. The number of ketones is 4. The Morgan fingerprint density at radius 3 is 2.34 bits per heavy atom. The van der Waals surface area contributed by atoms with Gasteiger partial charge in [-0.05, 0) is 55.6 Å². The van der Waals surface area contributed by atoms with Crippen LogP contribution < -0.4 is 5.73 Å². The number of carbonyl (C=O) groups excluding carboxylic acids is 5. The Hall–Kier alpha value is -3.95. The lowest BCUT2D eigenvalue weighted by atomic mass is 9.52. The lowest BCUT2D eigenvalue weighted by molar-refractivity contribution is -0.181. The maximum absolute atomic E-state index is 13.8. The number of nitrogens with two attached hydrogens (primary N) is 1. The largest absolute Gasteiger partial charge is 0.507 e. The molecule has 9 nitrogen and oxygen atoms in total. The minimum atomic E-state index is -2.72. The number of aromatic hydroxyl groups is 1. The Kier molecular flexibility index (Phi) is 6.16. The molecule has 3 aliphatic carbocycles. The van der Waals surface area contributed by atoms with Crippen LogP contribution in [0.1, 0.15) is 33.5 Å². The molecular formula is C29H28N2O7. The molecule has 3 aliphatic rings. The molecule has 2 saturated carbocycles. The summed E-state index contributed by atoms with van der Waals surface area (Å²) in [5.41, 5.74) is 4.78. The summed E-state index contributed by atoms with van der Waals surface area (Å²) >= 11 is 0. The molecule has 196 valence electrons. The summed E-state index contributed by atoms with van der Waals surface area (Å²) in [5.74, 6) is -10.5. The van der Waals surface area contributed by atoms with Crippen molar-refractivity contribution in [2.45, 2.75) is 24.5 Å². The van der Waals surface area contributed by atoms with E-state index in [4.69, 9.17) is 5.73 Å². The van der Waals surface area contributed by atoms with E-state index >= 15 is 0 Å². The predicted molar refractivity (Wildman–Crippen MR) is 137 cm³/mol. The van der Waals surface area contributed by atoms with Gasteiger partial charge in [-0.3, -0.25) is 28.9 Å². The van der Waals surface area contributed by atoms with Crippen LogP contribution in [0.2, 0.25) is 0 Å². The number of fused-ring (bicyclic) bond motifs is 3. The summed E-state index contributed by atoms with van der Waals surface area (Å²) in [4.78, 5) is 67.5. The highest BCUT2D eigenvalue weighted by molar-refractivity contribution is 6.32. The molecule has 4 N–H and O–H groups in total. The van der Waals surface area contributed by atoms with Gasteiger partial charge in [-0.25, -0.2) is 0 Å². The lowest BCUT2D eigenvalue weighted by Gasteiger charge is -2.52. The van der Waals surface area contributed by atoms with Gasteiger partial charge in [0.1, 0.15) is 5.75 Å². The first-order valence-corrected chi connectivity index (χ1v) is 12.4. The standard InChI is InChI=1S/C29H28N2O7/c1-31(2)23-18-13-16-12-17-15(9-8-14-6-4-3-5-7-14)10-11-19(32)21(17)24(33)20(16)26(35)29(18,38)27(36)22(25(23)34)28(30)37/h3-11,16,18,20,22-23,32,38H,12-13H2,1-2H3,(H2,30,37)/b9-8+/t16-,18-,20?,22?,23-,29-/m1/s1. The van der Waals surface area contributed by atoms with Gasteiger partial charge in [-0.15, -0.1) is 0 Å². The first-order chi connectivity index (χ1) is 18.0. The summed E-state index contributed by atoms with van der Waals surface area (Å²) in [6.07, 6.45) is 3.94. The molecule has 5 rings (SSSR count). The van der Waals surface area contributed by atoms with Crippen molar-refractivity contribution in [2.24, 2.45) is 29.4 Å². The van der Waals surface area contributed by atoms with Crippen LogP contribution in [0.25, 0.3) is 12.2 Å². The van der Waals surface area contributed by atoms with Crippen molar-refractivity contribution in [1.29, 1.82) is 0 Å². The molecule has 0 spiro atoms. The van der Waals surface area contributed by atoms with E-state index < -0.39 is 64.4 Å². The highest BCUT2D eigenvalue weighted by Crippen LogP contribution is 2.51. The second-order valence-corrected chi connectivity index (χ2v) is 10.6. The van der Waals surface area contributed by atoms with E-state index in [2.05, 4.69) is 0 Å². The minimum absolute atomic E-state index is 0.0153. The maximum Gasteiger partial charge on any atom is 0.235 e. The van der Waals surface area contributed by atoms with E-state index in [0.29, 0.717) is 11.1 Å². The molecule has 38 heavy (non-hydrogen) atoms. The maximum atomic E-state index is 13.8. The fraction of sp³-hybridized carbons (Fsp3) is 0.345. The average Bonchev–Trinajstić information content (AvgIpc) is 2.86. The molecule has 9 heteroatoms. The fourth-order valence-corrected chi connectivity index (χ4v) is 6.54. The quantitative estimate of drug-likeness (QED) is 0.402.